The Kier molecular flexibility index (Phi) is 6.46. The molecular weight excluding hydrogens is 470 g/mol. The Morgan fingerprint density at radius 1 is 1.17 bits per heavy atom. The van der Waals surface area contributed by atoms with Crippen LogP contribution in [0, 0.1) is 0 Å². The van der Waals surface area contributed by atoms with E-state index in [1.165, 1.54) is 12.4 Å². The number of Topliss-reactive ketones (excluding diaryl/α,β-unsaturated/α-hetero) is 1. The molecule has 35 heavy (non-hydrogen) atoms. The fourth-order valence-electron chi connectivity index (χ4n) is 4.18. The molecule has 1 aliphatic heterocycles. The van der Waals surface area contributed by atoms with Crippen molar-refractivity contribution in [2.24, 2.45) is 5.73 Å². The lowest BCUT2D eigenvalue weighted by molar-refractivity contribution is -0.137. The number of halogens is 4. The van der Waals surface area contributed by atoms with Crippen LogP contribution < -0.4 is 11.1 Å². The summed E-state index contributed by atoms with van der Waals surface area (Å²) in [5, 5.41) is 3.13. The summed E-state index contributed by atoms with van der Waals surface area (Å²) in [6.45, 7) is -0.318. The molecule has 8 nitrogen and oxygen atoms in total. The zero-order valence-electron chi connectivity index (χ0n) is 18.3. The molecule has 0 aliphatic carbocycles. The molecule has 4 rings (SSSR count). The van der Waals surface area contributed by atoms with Crippen LogP contribution in [0.5, 0.6) is 0 Å². The van der Waals surface area contributed by atoms with E-state index in [0.29, 0.717) is 17.1 Å². The molecule has 3 N–H and O–H groups in total. The van der Waals surface area contributed by atoms with Crippen molar-refractivity contribution in [3.63, 3.8) is 0 Å². The maximum Gasteiger partial charge on any atom is 0.417 e. The number of likely N-dealkylation sites (tertiary alicyclic amines) is 1. The van der Waals surface area contributed by atoms with Gasteiger partial charge in [0, 0.05) is 36.8 Å². The SMILES string of the molecule is NC(=O)n1cc(NC(=O)N2C[C@H](F)C[C@H]2C(=O)CCc2cncc(C(F)(F)F)c2)c2ccccc21. The van der Waals surface area contributed by atoms with E-state index < -0.39 is 41.8 Å². The van der Waals surface area contributed by atoms with Gasteiger partial charge in [0.05, 0.1) is 29.4 Å². The summed E-state index contributed by atoms with van der Waals surface area (Å²) in [5.74, 6) is -0.475. The van der Waals surface area contributed by atoms with Crippen LogP contribution in [-0.2, 0) is 17.4 Å². The number of nitrogens with two attached hydrogens (primary N) is 1. The molecule has 0 spiro atoms. The number of aromatic nitrogens is 2. The number of nitrogens with zero attached hydrogens (tertiary/aromatic N) is 3. The number of pyridine rings is 1. The second-order valence-electron chi connectivity index (χ2n) is 8.25. The van der Waals surface area contributed by atoms with E-state index in [9.17, 15) is 31.9 Å². The van der Waals surface area contributed by atoms with Gasteiger partial charge < -0.3 is 16.0 Å². The van der Waals surface area contributed by atoms with Crippen LogP contribution in [0.3, 0.4) is 0 Å². The number of nitrogens with one attached hydrogen (secondary N) is 1. The Morgan fingerprint density at radius 3 is 2.63 bits per heavy atom. The fourth-order valence-corrected chi connectivity index (χ4v) is 4.18. The van der Waals surface area contributed by atoms with Gasteiger partial charge in [-0.15, -0.1) is 0 Å². The minimum absolute atomic E-state index is 0.0369. The number of amides is 3. The monoisotopic (exact) mass is 491 g/mol. The molecule has 0 saturated carbocycles. The smallest absolute Gasteiger partial charge is 0.351 e. The molecule has 0 radical (unpaired) electrons. The molecule has 3 heterocycles. The Morgan fingerprint density at radius 2 is 1.91 bits per heavy atom. The third-order valence-electron chi connectivity index (χ3n) is 5.86. The van der Waals surface area contributed by atoms with E-state index in [-0.39, 0.29) is 37.1 Å². The number of ketones is 1. The van der Waals surface area contributed by atoms with Crippen molar-refractivity contribution < 1.29 is 31.9 Å². The van der Waals surface area contributed by atoms with Crippen LogP contribution in [-0.4, -0.2) is 51.1 Å². The van der Waals surface area contributed by atoms with Crippen LogP contribution in [0.1, 0.15) is 24.0 Å². The fraction of sp³-hybridized carbons (Fsp3) is 0.304. The average Bonchev–Trinajstić information content (AvgIpc) is 3.38. The number of hydrogen-bond acceptors (Lipinski definition) is 4. The van der Waals surface area contributed by atoms with Crippen molar-refractivity contribution in [1.82, 2.24) is 14.5 Å². The van der Waals surface area contributed by atoms with E-state index in [1.807, 2.05) is 0 Å². The van der Waals surface area contributed by atoms with Crippen LogP contribution in [0.25, 0.3) is 10.9 Å². The number of hydrogen-bond donors (Lipinski definition) is 2. The van der Waals surface area contributed by atoms with Gasteiger partial charge in [-0.3, -0.25) is 14.3 Å². The van der Waals surface area contributed by atoms with Gasteiger partial charge in [-0.1, -0.05) is 18.2 Å². The molecule has 3 aromatic rings. The Bertz CT molecular complexity index is 1290. The quantitative estimate of drug-likeness (QED) is 0.523. The number of primary amides is 1. The molecular formula is C23H21F4N5O3. The first-order chi connectivity index (χ1) is 16.5. The summed E-state index contributed by atoms with van der Waals surface area (Å²) in [5.41, 5.74) is 5.38. The summed E-state index contributed by atoms with van der Waals surface area (Å²) in [6.07, 6.45) is -3.17. The van der Waals surface area contributed by atoms with Crippen LogP contribution in [0.4, 0.5) is 32.8 Å². The normalized spacial score (nSPS) is 18.1. The van der Waals surface area contributed by atoms with Gasteiger partial charge in [0.15, 0.2) is 5.78 Å². The van der Waals surface area contributed by atoms with Gasteiger partial charge >= 0.3 is 18.2 Å². The van der Waals surface area contributed by atoms with Crippen molar-refractivity contribution in [2.45, 2.75) is 37.7 Å². The highest BCUT2D eigenvalue weighted by Gasteiger charge is 2.39. The van der Waals surface area contributed by atoms with Crippen LogP contribution in [0.15, 0.2) is 48.9 Å². The highest BCUT2D eigenvalue weighted by Crippen LogP contribution is 2.30. The number of rotatable bonds is 5. The minimum atomic E-state index is -4.56. The first kappa shape index (κ1) is 24.2. The van der Waals surface area contributed by atoms with Crippen molar-refractivity contribution in [3.8, 4) is 0 Å². The number of para-hydroxylation sites is 1. The zero-order valence-corrected chi connectivity index (χ0v) is 18.3. The molecule has 3 amide bonds. The first-order valence-corrected chi connectivity index (χ1v) is 10.7. The molecule has 12 heteroatoms. The van der Waals surface area contributed by atoms with Crippen molar-refractivity contribution in [1.29, 1.82) is 0 Å². The van der Waals surface area contributed by atoms with Gasteiger partial charge in [0.1, 0.15) is 6.17 Å². The number of carbonyl (C=O) groups is 3. The van der Waals surface area contributed by atoms with Crippen LogP contribution >= 0.6 is 0 Å². The second-order valence-corrected chi connectivity index (χ2v) is 8.25. The average molecular weight is 491 g/mol. The number of benzene rings is 1. The van der Waals surface area contributed by atoms with Gasteiger partial charge in [-0.05, 0) is 24.1 Å². The molecule has 2 atom stereocenters. The lowest BCUT2D eigenvalue weighted by Crippen LogP contribution is -2.43. The van der Waals surface area contributed by atoms with Crippen molar-refractivity contribution >= 4 is 34.4 Å². The summed E-state index contributed by atoms with van der Waals surface area (Å²) < 4.78 is 54.0. The summed E-state index contributed by atoms with van der Waals surface area (Å²) in [7, 11) is 0. The van der Waals surface area contributed by atoms with Gasteiger partial charge in [0.2, 0.25) is 0 Å². The summed E-state index contributed by atoms with van der Waals surface area (Å²) in [6, 6.07) is 5.03. The van der Waals surface area contributed by atoms with Crippen molar-refractivity contribution in [3.05, 3.63) is 60.0 Å². The summed E-state index contributed by atoms with van der Waals surface area (Å²) in [4.78, 5) is 42.1. The molecule has 0 unspecified atom stereocenters. The molecule has 1 saturated heterocycles. The molecule has 1 aromatic carbocycles. The Balaban J connectivity index is 1.47. The summed E-state index contributed by atoms with van der Waals surface area (Å²) >= 11 is 0. The third kappa shape index (κ3) is 5.10. The number of carbonyl (C=O) groups excluding carboxylic acids is 3. The second kappa shape index (κ2) is 9.35. The number of urea groups is 1. The number of anilines is 1. The van der Waals surface area contributed by atoms with E-state index in [1.54, 1.807) is 24.3 Å². The Hall–Kier alpha value is -3.96. The zero-order chi connectivity index (χ0) is 25.3. The van der Waals surface area contributed by atoms with E-state index >= 15 is 0 Å². The third-order valence-corrected chi connectivity index (χ3v) is 5.86. The molecule has 1 fully saturated rings. The topological polar surface area (TPSA) is 110 Å². The highest BCUT2D eigenvalue weighted by atomic mass is 19.4. The molecule has 1 aliphatic rings. The first-order valence-electron chi connectivity index (χ1n) is 10.7. The van der Waals surface area contributed by atoms with E-state index in [4.69, 9.17) is 5.73 Å². The number of alkyl halides is 4. The maximum absolute atomic E-state index is 14.2. The Labute approximate surface area is 196 Å². The molecule has 0 bridgehead atoms. The number of aryl methyl sites for hydroxylation is 1. The highest BCUT2D eigenvalue weighted by molar-refractivity contribution is 6.05. The van der Waals surface area contributed by atoms with Gasteiger partial charge in [0.25, 0.3) is 0 Å². The standard InChI is InChI=1S/C23H21F4N5O3/c24-15-8-19(20(33)6-5-13-7-14(10-29-9-13)23(25,26)27)32(11-15)22(35)30-17-12-31(21(28)34)18-4-2-1-3-16(17)18/h1-4,7,9-10,12,15,19H,5-6,8,11H2,(H2,28,34)(H,30,35)/t15-,19+/m1/s1. The maximum atomic E-state index is 14.2. The van der Waals surface area contributed by atoms with E-state index in [2.05, 4.69) is 10.3 Å². The lowest BCUT2D eigenvalue weighted by Gasteiger charge is -2.23. The number of fused-ring (bicyclic) bond motifs is 1. The lowest BCUT2D eigenvalue weighted by atomic mass is 10.0. The predicted octanol–water partition coefficient (Wildman–Crippen LogP) is 4.13. The van der Waals surface area contributed by atoms with E-state index in [0.717, 1.165) is 15.5 Å². The largest absolute Gasteiger partial charge is 0.417 e. The van der Waals surface area contributed by atoms with Gasteiger partial charge in [-0.2, -0.15) is 13.2 Å². The molecule has 184 valence electrons. The van der Waals surface area contributed by atoms with Crippen molar-refractivity contribution in [2.75, 3.05) is 11.9 Å². The van der Waals surface area contributed by atoms with Gasteiger partial charge in [-0.25, -0.2) is 14.0 Å². The minimum Gasteiger partial charge on any atom is -0.351 e. The van der Waals surface area contributed by atoms with Crippen LogP contribution in [0.2, 0.25) is 0 Å². The molecule has 2 aromatic heterocycles. The predicted molar refractivity (Wildman–Crippen MR) is 119 cm³/mol.